The molecule has 0 bridgehead atoms. The van der Waals surface area contributed by atoms with Crippen molar-refractivity contribution in [2.75, 3.05) is 0 Å². The van der Waals surface area contributed by atoms with E-state index in [0.717, 1.165) is 25.3 Å². The summed E-state index contributed by atoms with van der Waals surface area (Å²) in [6, 6.07) is 4.30. The lowest BCUT2D eigenvalue weighted by molar-refractivity contribution is 0.405. The van der Waals surface area contributed by atoms with E-state index in [1.54, 1.807) is 6.07 Å². The summed E-state index contributed by atoms with van der Waals surface area (Å²) in [5.41, 5.74) is 6.26. The molecule has 0 radical (unpaired) electrons. The maximum absolute atomic E-state index is 13.5. The maximum Gasteiger partial charge on any atom is 0.162 e. The maximum atomic E-state index is 13.5. The Hall–Kier alpha value is -0.960. The highest BCUT2D eigenvalue weighted by Gasteiger charge is 2.34. The van der Waals surface area contributed by atoms with Gasteiger partial charge in [-0.25, -0.2) is 8.78 Å². The van der Waals surface area contributed by atoms with Crippen molar-refractivity contribution in [3.05, 3.63) is 35.4 Å². The van der Waals surface area contributed by atoms with Crippen molar-refractivity contribution < 1.29 is 8.78 Å². The highest BCUT2D eigenvalue weighted by atomic mass is 19.2. The number of halogens is 2. The van der Waals surface area contributed by atoms with Crippen LogP contribution in [0, 0.1) is 17.6 Å². The van der Waals surface area contributed by atoms with Gasteiger partial charge in [-0.15, -0.1) is 0 Å². The molecule has 1 saturated carbocycles. The second kappa shape index (κ2) is 4.13. The van der Waals surface area contributed by atoms with Crippen LogP contribution >= 0.6 is 0 Å². The molecule has 1 nitrogen and oxygen atoms in total. The second-order valence-electron chi connectivity index (χ2n) is 5.10. The summed E-state index contributed by atoms with van der Waals surface area (Å²) in [7, 11) is 0. The van der Waals surface area contributed by atoms with Crippen molar-refractivity contribution in [1.82, 2.24) is 0 Å². The average Bonchev–Trinajstić information content (AvgIpc) is 2.54. The minimum Gasteiger partial charge on any atom is -0.325 e. The minimum absolute atomic E-state index is 0.353. The Bertz CT molecular complexity index is 392. The summed E-state index contributed by atoms with van der Waals surface area (Å²) in [4.78, 5) is 0. The van der Waals surface area contributed by atoms with Crippen LogP contribution < -0.4 is 5.73 Å². The van der Waals surface area contributed by atoms with Crippen LogP contribution in [0.3, 0.4) is 0 Å². The fraction of sp³-hybridized carbons (Fsp3) is 0.538. The third-order valence-electron chi connectivity index (χ3n) is 3.46. The van der Waals surface area contributed by atoms with Crippen LogP contribution in [-0.2, 0) is 6.42 Å². The SMILES string of the molecule is CC1CCC(N)(Cc2cccc(F)c2F)C1. The van der Waals surface area contributed by atoms with Gasteiger partial charge in [-0.2, -0.15) is 0 Å². The molecule has 1 aliphatic rings. The predicted octanol–water partition coefficient (Wildman–Crippen LogP) is 3.02. The Morgan fingerprint density at radius 3 is 2.81 bits per heavy atom. The molecule has 3 heteroatoms. The molecular weight excluding hydrogens is 208 g/mol. The number of hydrogen-bond donors (Lipinski definition) is 1. The van der Waals surface area contributed by atoms with E-state index in [1.807, 2.05) is 0 Å². The first-order valence-corrected chi connectivity index (χ1v) is 5.72. The smallest absolute Gasteiger partial charge is 0.162 e. The quantitative estimate of drug-likeness (QED) is 0.822. The fourth-order valence-corrected chi connectivity index (χ4v) is 2.66. The fourth-order valence-electron chi connectivity index (χ4n) is 2.66. The van der Waals surface area contributed by atoms with Gasteiger partial charge in [0.15, 0.2) is 11.6 Å². The van der Waals surface area contributed by atoms with E-state index in [0.29, 0.717) is 17.9 Å². The number of hydrogen-bond acceptors (Lipinski definition) is 1. The molecule has 0 saturated heterocycles. The lowest BCUT2D eigenvalue weighted by Gasteiger charge is -2.24. The van der Waals surface area contributed by atoms with Crippen LogP contribution in [0.1, 0.15) is 31.7 Å². The van der Waals surface area contributed by atoms with Crippen molar-refractivity contribution in [3.63, 3.8) is 0 Å². The topological polar surface area (TPSA) is 26.0 Å². The van der Waals surface area contributed by atoms with Crippen molar-refractivity contribution in [2.45, 2.75) is 38.1 Å². The van der Waals surface area contributed by atoms with Crippen molar-refractivity contribution in [2.24, 2.45) is 11.7 Å². The zero-order chi connectivity index (χ0) is 11.8. The first-order chi connectivity index (χ1) is 7.50. The molecular formula is C13H17F2N. The average molecular weight is 225 g/mol. The van der Waals surface area contributed by atoms with Crippen LogP contribution in [0.25, 0.3) is 0 Å². The largest absolute Gasteiger partial charge is 0.325 e. The summed E-state index contributed by atoms with van der Waals surface area (Å²) in [5, 5.41) is 0. The van der Waals surface area contributed by atoms with Crippen molar-refractivity contribution in [1.29, 1.82) is 0 Å². The first-order valence-electron chi connectivity index (χ1n) is 5.72. The Balaban J connectivity index is 2.18. The third kappa shape index (κ3) is 2.24. The molecule has 88 valence electrons. The predicted molar refractivity (Wildman–Crippen MR) is 60.0 cm³/mol. The standard InChI is InChI=1S/C13H17F2N/c1-9-5-6-13(16,7-9)8-10-3-2-4-11(14)12(10)15/h2-4,9H,5-8,16H2,1H3. The summed E-state index contributed by atoms with van der Waals surface area (Å²) < 4.78 is 26.5. The molecule has 0 heterocycles. The number of nitrogens with two attached hydrogens (primary N) is 1. The van der Waals surface area contributed by atoms with E-state index in [1.165, 1.54) is 6.07 Å². The summed E-state index contributed by atoms with van der Waals surface area (Å²) in [6.07, 6.45) is 3.29. The molecule has 2 rings (SSSR count). The van der Waals surface area contributed by atoms with Crippen LogP contribution in [-0.4, -0.2) is 5.54 Å². The number of benzene rings is 1. The minimum atomic E-state index is -0.785. The van der Waals surface area contributed by atoms with E-state index < -0.39 is 11.6 Å². The molecule has 1 aromatic carbocycles. The van der Waals surface area contributed by atoms with Crippen LogP contribution in [0.2, 0.25) is 0 Å². The summed E-state index contributed by atoms with van der Waals surface area (Å²) in [5.74, 6) is -0.944. The van der Waals surface area contributed by atoms with E-state index in [-0.39, 0.29) is 5.54 Å². The molecule has 2 unspecified atom stereocenters. The monoisotopic (exact) mass is 225 g/mol. The van der Waals surface area contributed by atoms with E-state index in [9.17, 15) is 8.78 Å². The molecule has 2 N–H and O–H groups in total. The molecule has 0 aromatic heterocycles. The Morgan fingerprint density at radius 2 is 2.19 bits per heavy atom. The molecule has 0 aliphatic heterocycles. The van der Waals surface area contributed by atoms with Crippen LogP contribution in [0.5, 0.6) is 0 Å². The summed E-state index contributed by atoms with van der Waals surface area (Å²) in [6.45, 7) is 2.15. The Kier molecular flexibility index (Phi) is 2.98. The van der Waals surface area contributed by atoms with E-state index >= 15 is 0 Å². The molecule has 1 aromatic rings. The van der Waals surface area contributed by atoms with Crippen molar-refractivity contribution in [3.8, 4) is 0 Å². The van der Waals surface area contributed by atoms with Gasteiger partial charge in [-0.1, -0.05) is 19.1 Å². The van der Waals surface area contributed by atoms with Crippen LogP contribution in [0.15, 0.2) is 18.2 Å². The molecule has 0 spiro atoms. The van der Waals surface area contributed by atoms with Gasteiger partial charge in [-0.05, 0) is 43.2 Å². The zero-order valence-electron chi connectivity index (χ0n) is 9.47. The molecule has 0 amide bonds. The highest BCUT2D eigenvalue weighted by Crippen LogP contribution is 2.35. The van der Waals surface area contributed by atoms with Gasteiger partial charge in [-0.3, -0.25) is 0 Å². The Morgan fingerprint density at radius 1 is 1.44 bits per heavy atom. The van der Waals surface area contributed by atoms with Gasteiger partial charge in [0.2, 0.25) is 0 Å². The normalized spacial score (nSPS) is 29.6. The van der Waals surface area contributed by atoms with E-state index in [2.05, 4.69) is 6.92 Å². The third-order valence-corrected chi connectivity index (χ3v) is 3.46. The Labute approximate surface area is 94.7 Å². The first kappa shape index (κ1) is 11.5. The van der Waals surface area contributed by atoms with Gasteiger partial charge in [0.05, 0.1) is 0 Å². The van der Waals surface area contributed by atoms with Crippen LogP contribution in [0.4, 0.5) is 8.78 Å². The van der Waals surface area contributed by atoms with Gasteiger partial charge in [0.1, 0.15) is 0 Å². The molecule has 16 heavy (non-hydrogen) atoms. The van der Waals surface area contributed by atoms with E-state index in [4.69, 9.17) is 5.73 Å². The lowest BCUT2D eigenvalue weighted by atomic mass is 9.89. The highest BCUT2D eigenvalue weighted by molar-refractivity contribution is 5.22. The van der Waals surface area contributed by atoms with Crippen molar-refractivity contribution >= 4 is 0 Å². The zero-order valence-corrected chi connectivity index (χ0v) is 9.47. The molecule has 2 atom stereocenters. The van der Waals surface area contributed by atoms with Gasteiger partial charge in [0, 0.05) is 5.54 Å². The lowest BCUT2D eigenvalue weighted by Crippen LogP contribution is -2.39. The van der Waals surface area contributed by atoms with Gasteiger partial charge >= 0.3 is 0 Å². The molecule has 1 fully saturated rings. The summed E-state index contributed by atoms with van der Waals surface area (Å²) >= 11 is 0. The molecule has 1 aliphatic carbocycles. The number of rotatable bonds is 2. The second-order valence-corrected chi connectivity index (χ2v) is 5.10. The van der Waals surface area contributed by atoms with Gasteiger partial charge < -0.3 is 5.73 Å². The van der Waals surface area contributed by atoms with Gasteiger partial charge in [0.25, 0.3) is 0 Å².